The number of nitrogens with two attached hydrogens (primary N) is 1. The third-order valence-corrected chi connectivity index (χ3v) is 4.19. The summed E-state index contributed by atoms with van der Waals surface area (Å²) in [6, 6.07) is 3.57. The molecule has 2 heterocycles. The quantitative estimate of drug-likeness (QED) is 0.499. The zero-order chi connectivity index (χ0) is 20.5. The van der Waals surface area contributed by atoms with Gasteiger partial charge in [0.1, 0.15) is 0 Å². The second-order valence-electron chi connectivity index (χ2n) is 6.06. The van der Waals surface area contributed by atoms with Crippen molar-refractivity contribution < 1.29 is 23.8 Å². The molecule has 8 nitrogen and oxygen atoms in total. The van der Waals surface area contributed by atoms with Gasteiger partial charge < -0.3 is 24.8 Å². The Bertz CT molecular complexity index is 745. The molecule has 0 amide bonds. The highest BCUT2D eigenvalue weighted by atomic mass is 16.5. The highest BCUT2D eigenvalue weighted by molar-refractivity contribution is 5.99. The summed E-state index contributed by atoms with van der Waals surface area (Å²) in [5.74, 6) is -1.67. The largest absolute Gasteiger partial charge is 0.463 e. The average molecular weight is 389 g/mol. The Kier molecular flexibility index (Phi) is 8.16. The molecule has 0 spiro atoms. The molecule has 1 atom stereocenters. The molecule has 152 valence electrons. The lowest BCUT2D eigenvalue weighted by molar-refractivity contribution is -0.139. The van der Waals surface area contributed by atoms with Gasteiger partial charge in [0, 0.05) is 32.2 Å². The van der Waals surface area contributed by atoms with Crippen LogP contribution in [0.1, 0.15) is 25.3 Å². The van der Waals surface area contributed by atoms with Crippen LogP contribution in [0.2, 0.25) is 0 Å². The summed E-state index contributed by atoms with van der Waals surface area (Å²) in [6.45, 7) is 4.77. The third-order valence-electron chi connectivity index (χ3n) is 4.19. The van der Waals surface area contributed by atoms with E-state index in [1.165, 1.54) is 0 Å². The molecular weight excluding hydrogens is 362 g/mol. The van der Waals surface area contributed by atoms with E-state index >= 15 is 0 Å². The highest BCUT2D eigenvalue weighted by Gasteiger charge is 2.38. The van der Waals surface area contributed by atoms with Crippen LogP contribution >= 0.6 is 0 Å². The van der Waals surface area contributed by atoms with Gasteiger partial charge in [-0.2, -0.15) is 0 Å². The maximum absolute atomic E-state index is 12.9. The first-order chi connectivity index (χ1) is 13.5. The van der Waals surface area contributed by atoms with Gasteiger partial charge in [-0.1, -0.05) is 6.07 Å². The maximum atomic E-state index is 12.9. The molecule has 0 radical (unpaired) electrons. The number of likely N-dealkylation sites (N-methyl/N-ethyl adjacent to an activating group) is 1. The zero-order valence-corrected chi connectivity index (χ0v) is 16.5. The van der Waals surface area contributed by atoms with Crippen LogP contribution in [0, 0.1) is 0 Å². The number of esters is 2. The fourth-order valence-corrected chi connectivity index (χ4v) is 3.03. The van der Waals surface area contributed by atoms with Gasteiger partial charge in [-0.05, 0) is 25.5 Å². The zero-order valence-electron chi connectivity index (χ0n) is 16.5. The van der Waals surface area contributed by atoms with Gasteiger partial charge in [0.05, 0.1) is 49.2 Å². The Hall–Kier alpha value is -2.71. The first-order valence-corrected chi connectivity index (χ1v) is 9.24. The molecule has 0 aliphatic carbocycles. The van der Waals surface area contributed by atoms with Crippen LogP contribution in [0.5, 0.6) is 0 Å². The molecule has 28 heavy (non-hydrogen) atoms. The maximum Gasteiger partial charge on any atom is 0.336 e. The molecule has 0 saturated heterocycles. The standard InChI is InChI=1S/C20H27N3O5/c1-4-27-19(24)15-12-23(3)16(13-26-10-8-21)18(20(25)28-5-2)17(15)14-7-6-9-22-11-14/h6-7,9,11-12,17H,4-5,8,10,13,21H2,1-3H3. The Balaban J connectivity index is 2.59. The van der Waals surface area contributed by atoms with Gasteiger partial charge in [0.15, 0.2) is 0 Å². The normalized spacial score (nSPS) is 16.6. The molecule has 0 fully saturated rings. The molecule has 2 N–H and O–H groups in total. The summed E-state index contributed by atoms with van der Waals surface area (Å²) in [7, 11) is 1.75. The molecule has 0 aromatic carbocycles. The van der Waals surface area contributed by atoms with Crippen molar-refractivity contribution in [1.82, 2.24) is 9.88 Å². The molecule has 1 aliphatic rings. The lowest BCUT2D eigenvalue weighted by Crippen LogP contribution is -2.33. The van der Waals surface area contributed by atoms with E-state index < -0.39 is 17.9 Å². The van der Waals surface area contributed by atoms with E-state index in [9.17, 15) is 9.59 Å². The van der Waals surface area contributed by atoms with E-state index in [-0.39, 0.29) is 19.8 Å². The van der Waals surface area contributed by atoms with E-state index in [1.807, 2.05) is 6.07 Å². The van der Waals surface area contributed by atoms with Crippen LogP contribution in [-0.2, 0) is 23.8 Å². The Labute approximate surface area is 165 Å². The Morgan fingerprint density at radius 2 is 1.93 bits per heavy atom. The summed E-state index contributed by atoms with van der Waals surface area (Å²) >= 11 is 0. The number of aromatic nitrogens is 1. The van der Waals surface area contributed by atoms with Gasteiger partial charge in [-0.15, -0.1) is 0 Å². The van der Waals surface area contributed by atoms with Gasteiger partial charge in [-0.3, -0.25) is 4.98 Å². The monoisotopic (exact) mass is 389 g/mol. The highest BCUT2D eigenvalue weighted by Crippen LogP contribution is 2.39. The average Bonchev–Trinajstić information content (AvgIpc) is 2.69. The van der Waals surface area contributed by atoms with Crippen LogP contribution in [0.25, 0.3) is 0 Å². The number of pyridine rings is 1. The second kappa shape index (κ2) is 10.6. The smallest absolute Gasteiger partial charge is 0.336 e. The fraction of sp³-hybridized carbons (Fsp3) is 0.450. The van der Waals surface area contributed by atoms with Gasteiger partial charge in [0.25, 0.3) is 0 Å². The third kappa shape index (κ3) is 4.96. The van der Waals surface area contributed by atoms with Crippen molar-refractivity contribution in [3.05, 3.63) is 53.1 Å². The van der Waals surface area contributed by atoms with Crippen LogP contribution in [-0.4, -0.2) is 61.8 Å². The number of hydrogen-bond acceptors (Lipinski definition) is 8. The second-order valence-corrected chi connectivity index (χ2v) is 6.06. The molecule has 1 unspecified atom stereocenters. The van der Waals surface area contributed by atoms with Crippen molar-refractivity contribution in [2.24, 2.45) is 5.73 Å². The summed E-state index contributed by atoms with van der Waals surface area (Å²) < 4.78 is 16.1. The van der Waals surface area contributed by atoms with Gasteiger partial charge in [0.2, 0.25) is 0 Å². The van der Waals surface area contributed by atoms with E-state index in [4.69, 9.17) is 19.9 Å². The van der Waals surface area contributed by atoms with Crippen molar-refractivity contribution in [3.63, 3.8) is 0 Å². The minimum absolute atomic E-state index is 0.158. The summed E-state index contributed by atoms with van der Waals surface area (Å²) in [5, 5.41) is 0. The molecular formula is C20H27N3O5. The molecule has 1 aliphatic heterocycles. The lowest BCUT2D eigenvalue weighted by Gasteiger charge is -2.33. The number of carbonyl (C=O) groups is 2. The molecule has 2 rings (SSSR count). The van der Waals surface area contributed by atoms with Crippen LogP contribution < -0.4 is 5.73 Å². The Morgan fingerprint density at radius 1 is 1.21 bits per heavy atom. The predicted molar refractivity (Wildman–Crippen MR) is 103 cm³/mol. The Morgan fingerprint density at radius 3 is 2.54 bits per heavy atom. The minimum Gasteiger partial charge on any atom is -0.463 e. The van der Waals surface area contributed by atoms with Crippen LogP contribution in [0.15, 0.2) is 47.6 Å². The van der Waals surface area contributed by atoms with Crippen molar-refractivity contribution in [1.29, 1.82) is 0 Å². The summed E-state index contributed by atoms with van der Waals surface area (Å²) in [6.07, 6.45) is 4.92. The molecule has 1 aromatic heterocycles. The van der Waals surface area contributed by atoms with Crippen LogP contribution in [0.3, 0.4) is 0 Å². The van der Waals surface area contributed by atoms with Crippen molar-refractivity contribution in [2.75, 3.05) is 40.0 Å². The molecule has 0 bridgehead atoms. The number of carbonyl (C=O) groups excluding carboxylic acids is 2. The van der Waals surface area contributed by atoms with E-state index in [0.717, 1.165) is 0 Å². The molecule has 0 saturated carbocycles. The SMILES string of the molecule is CCOC(=O)C1=CN(C)C(COCCN)=C(C(=O)OCC)C1c1cccnc1. The van der Waals surface area contributed by atoms with Gasteiger partial charge in [-0.25, -0.2) is 9.59 Å². The predicted octanol–water partition coefficient (Wildman–Crippen LogP) is 1.35. The number of nitrogens with zero attached hydrogens (tertiary/aromatic N) is 2. The minimum atomic E-state index is -0.667. The number of rotatable bonds is 9. The molecule has 1 aromatic rings. The molecule has 8 heteroatoms. The van der Waals surface area contributed by atoms with Crippen molar-refractivity contribution in [3.8, 4) is 0 Å². The fourth-order valence-electron chi connectivity index (χ4n) is 3.03. The van der Waals surface area contributed by atoms with E-state index in [2.05, 4.69) is 4.98 Å². The summed E-state index contributed by atoms with van der Waals surface area (Å²) in [5.41, 5.74) is 7.47. The topological polar surface area (TPSA) is 104 Å². The van der Waals surface area contributed by atoms with Crippen molar-refractivity contribution in [2.45, 2.75) is 19.8 Å². The number of ether oxygens (including phenoxy) is 3. The first kappa shape index (κ1) is 21.6. The summed E-state index contributed by atoms with van der Waals surface area (Å²) in [4.78, 5) is 31.4. The first-order valence-electron chi connectivity index (χ1n) is 9.24. The van der Waals surface area contributed by atoms with Crippen molar-refractivity contribution >= 4 is 11.9 Å². The van der Waals surface area contributed by atoms with Gasteiger partial charge >= 0.3 is 11.9 Å². The van der Waals surface area contributed by atoms with Crippen LogP contribution in [0.4, 0.5) is 0 Å². The van der Waals surface area contributed by atoms with E-state index in [1.54, 1.807) is 50.5 Å². The number of hydrogen-bond donors (Lipinski definition) is 1. The van der Waals surface area contributed by atoms with E-state index in [0.29, 0.717) is 35.6 Å². The lowest BCUT2D eigenvalue weighted by atomic mass is 9.82.